The van der Waals surface area contributed by atoms with Gasteiger partial charge in [-0.1, -0.05) is 30.0 Å². The van der Waals surface area contributed by atoms with E-state index in [1.165, 1.54) is 29.8 Å². The van der Waals surface area contributed by atoms with E-state index in [1.54, 1.807) is 13.0 Å². The first-order valence-electron chi connectivity index (χ1n) is 8.65. The molecular weight excluding hydrogens is 358 g/mol. The Labute approximate surface area is 164 Å². The Kier molecular flexibility index (Phi) is 6.75. The Bertz CT molecular complexity index is 932. The minimum Gasteiger partial charge on any atom is -0.349 e. The first-order chi connectivity index (χ1) is 12.7. The number of benzene rings is 1. The van der Waals surface area contributed by atoms with E-state index in [0.29, 0.717) is 21.8 Å². The number of nitrogens with one attached hydrogen (secondary N) is 1. The Morgan fingerprint density at radius 3 is 2.52 bits per heavy atom. The van der Waals surface area contributed by atoms with Crippen LogP contribution in [0.5, 0.6) is 0 Å². The Morgan fingerprint density at radius 2 is 1.93 bits per heavy atom. The number of ketones is 1. The molecule has 1 aromatic carbocycles. The molecule has 1 unspecified atom stereocenters. The number of thioether (sulfide) groups is 1. The molecule has 0 aliphatic carbocycles. The molecule has 2 rings (SSSR count). The summed E-state index contributed by atoms with van der Waals surface area (Å²) in [7, 11) is 0. The lowest BCUT2D eigenvalue weighted by atomic mass is 10.0. The van der Waals surface area contributed by atoms with Crippen LogP contribution in [-0.4, -0.2) is 22.4 Å². The highest BCUT2D eigenvalue weighted by Crippen LogP contribution is 2.23. The summed E-state index contributed by atoms with van der Waals surface area (Å²) in [6.45, 7) is 9.21. The van der Waals surface area contributed by atoms with Gasteiger partial charge in [-0.15, -0.1) is 0 Å². The van der Waals surface area contributed by atoms with Crippen molar-refractivity contribution >= 4 is 23.5 Å². The minimum atomic E-state index is -0.135. The van der Waals surface area contributed by atoms with Crippen LogP contribution in [0, 0.1) is 32.1 Å². The zero-order valence-electron chi connectivity index (χ0n) is 16.2. The summed E-state index contributed by atoms with van der Waals surface area (Å²) in [5, 5.41) is 12.7. The van der Waals surface area contributed by atoms with Crippen LogP contribution < -0.4 is 5.32 Å². The average Bonchev–Trinajstić information content (AvgIpc) is 2.61. The van der Waals surface area contributed by atoms with Gasteiger partial charge < -0.3 is 5.32 Å². The molecule has 0 fully saturated rings. The summed E-state index contributed by atoms with van der Waals surface area (Å²) < 4.78 is 0. The van der Waals surface area contributed by atoms with E-state index in [1.807, 2.05) is 26.0 Å². The molecule has 6 heteroatoms. The van der Waals surface area contributed by atoms with Gasteiger partial charge in [-0.05, 0) is 57.4 Å². The molecule has 0 radical (unpaired) electrons. The molecular formula is C21H23N3O2S. The lowest BCUT2D eigenvalue weighted by molar-refractivity contribution is -0.119. The van der Waals surface area contributed by atoms with Crippen LogP contribution in [0.4, 0.5) is 0 Å². The number of nitriles is 1. The van der Waals surface area contributed by atoms with Gasteiger partial charge in [0.15, 0.2) is 5.78 Å². The number of rotatable bonds is 6. The van der Waals surface area contributed by atoms with Gasteiger partial charge in [0.25, 0.3) is 0 Å². The summed E-state index contributed by atoms with van der Waals surface area (Å²) in [5.41, 5.74) is 4.76. The van der Waals surface area contributed by atoms with E-state index in [0.717, 1.165) is 5.56 Å². The largest absolute Gasteiger partial charge is 0.349 e. The molecule has 5 nitrogen and oxygen atoms in total. The molecule has 1 heterocycles. The average molecular weight is 382 g/mol. The molecule has 0 aliphatic heterocycles. The topological polar surface area (TPSA) is 82.8 Å². The summed E-state index contributed by atoms with van der Waals surface area (Å²) >= 11 is 1.20. The summed E-state index contributed by atoms with van der Waals surface area (Å²) in [5.74, 6) is -0.117. The van der Waals surface area contributed by atoms with Crippen LogP contribution in [0.3, 0.4) is 0 Å². The number of hydrogen-bond acceptors (Lipinski definition) is 5. The molecule has 2 aromatic rings. The quantitative estimate of drug-likeness (QED) is 0.603. The van der Waals surface area contributed by atoms with Crippen LogP contribution in [-0.2, 0) is 4.79 Å². The molecule has 140 valence electrons. The first-order valence-corrected chi connectivity index (χ1v) is 9.63. The highest BCUT2D eigenvalue weighted by Gasteiger charge is 2.15. The van der Waals surface area contributed by atoms with Crippen molar-refractivity contribution in [3.05, 3.63) is 57.8 Å². The van der Waals surface area contributed by atoms with Crippen molar-refractivity contribution in [2.45, 2.75) is 45.7 Å². The fourth-order valence-corrected chi connectivity index (χ4v) is 3.48. The minimum absolute atomic E-state index is 0.109. The van der Waals surface area contributed by atoms with Gasteiger partial charge in [0.2, 0.25) is 5.91 Å². The molecule has 1 amide bonds. The standard InChI is InChI=1S/C21H23N3O2S/c1-12-6-7-17(8-13(12)2)14(3)23-20(26)11-27-21-18(10-22)9-19(16(5)25)15(4)24-21/h6-9,14H,11H2,1-5H3,(H,23,26). The molecule has 0 aliphatic rings. The van der Waals surface area contributed by atoms with E-state index >= 15 is 0 Å². The SMILES string of the molecule is CC(=O)c1cc(C#N)c(SCC(=O)NC(C)c2ccc(C)c(C)c2)nc1C. The van der Waals surface area contributed by atoms with Gasteiger partial charge in [0, 0.05) is 11.3 Å². The van der Waals surface area contributed by atoms with E-state index in [4.69, 9.17) is 0 Å². The second-order valence-corrected chi connectivity index (χ2v) is 7.53. The van der Waals surface area contributed by atoms with Gasteiger partial charge in [0.1, 0.15) is 11.1 Å². The van der Waals surface area contributed by atoms with Crippen molar-refractivity contribution in [3.63, 3.8) is 0 Å². The van der Waals surface area contributed by atoms with Crippen LogP contribution >= 0.6 is 11.8 Å². The monoisotopic (exact) mass is 381 g/mol. The first kappa shape index (κ1) is 20.7. The number of Topliss-reactive ketones (excluding diaryl/α,β-unsaturated/α-hetero) is 1. The smallest absolute Gasteiger partial charge is 0.230 e. The summed E-state index contributed by atoms with van der Waals surface area (Å²) in [6, 6.07) is 9.62. The zero-order valence-corrected chi connectivity index (χ0v) is 17.0. The second kappa shape index (κ2) is 8.83. The molecule has 0 bridgehead atoms. The third-order valence-electron chi connectivity index (χ3n) is 4.43. The zero-order chi connectivity index (χ0) is 20.1. The maximum atomic E-state index is 12.3. The molecule has 1 aromatic heterocycles. The van der Waals surface area contributed by atoms with Crippen LogP contribution in [0.15, 0.2) is 29.3 Å². The molecule has 27 heavy (non-hydrogen) atoms. The van der Waals surface area contributed by atoms with Crippen molar-refractivity contribution in [2.75, 3.05) is 5.75 Å². The van der Waals surface area contributed by atoms with Gasteiger partial charge in [-0.2, -0.15) is 5.26 Å². The molecule has 1 N–H and O–H groups in total. The lowest BCUT2D eigenvalue weighted by Gasteiger charge is -2.16. The highest BCUT2D eigenvalue weighted by molar-refractivity contribution is 8.00. The van der Waals surface area contributed by atoms with Gasteiger partial charge in [-0.25, -0.2) is 4.98 Å². The maximum Gasteiger partial charge on any atom is 0.230 e. The number of carbonyl (C=O) groups excluding carboxylic acids is 2. The summed E-state index contributed by atoms with van der Waals surface area (Å²) in [6.07, 6.45) is 0. The molecule has 1 atom stereocenters. The predicted octanol–water partition coefficient (Wildman–Crippen LogP) is 4.05. The Hall–Kier alpha value is -2.65. The van der Waals surface area contributed by atoms with Crippen molar-refractivity contribution in [1.82, 2.24) is 10.3 Å². The van der Waals surface area contributed by atoms with Gasteiger partial charge in [0.05, 0.1) is 17.4 Å². The van der Waals surface area contributed by atoms with Gasteiger partial charge in [-0.3, -0.25) is 9.59 Å². The fraction of sp³-hybridized carbons (Fsp3) is 0.333. The fourth-order valence-electron chi connectivity index (χ4n) is 2.66. The van der Waals surface area contributed by atoms with Crippen LogP contribution in [0.1, 0.15) is 58.2 Å². The number of nitrogens with zero attached hydrogens (tertiary/aromatic N) is 2. The van der Waals surface area contributed by atoms with Crippen molar-refractivity contribution < 1.29 is 9.59 Å². The Balaban J connectivity index is 2.05. The van der Waals surface area contributed by atoms with E-state index in [9.17, 15) is 14.9 Å². The number of carbonyl (C=O) groups is 2. The number of hydrogen-bond donors (Lipinski definition) is 1. The predicted molar refractivity (Wildman–Crippen MR) is 107 cm³/mol. The number of aryl methyl sites for hydroxylation is 3. The normalized spacial score (nSPS) is 11.6. The second-order valence-electron chi connectivity index (χ2n) is 6.56. The van der Waals surface area contributed by atoms with Crippen LogP contribution in [0.25, 0.3) is 0 Å². The van der Waals surface area contributed by atoms with Crippen molar-refractivity contribution in [3.8, 4) is 6.07 Å². The Morgan fingerprint density at radius 1 is 1.22 bits per heavy atom. The highest BCUT2D eigenvalue weighted by atomic mass is 32.2. The molecule has 0 spiro atoms. The summed E-state index contributed by atoms with van der Waals surface area (Å²) in [4.78, 5) is 28.2. The van der Waals surface area contributed by atoms with Gasteiger partial charge >= 0.3 is 0 Å². The number of pyridine rings is 1. The van der Waals surface area contributed by atoms with E-state index in [-0.39, 0.29) is 23.5 Å². The lowest BCUT2D eigenvalue weighted by Crippen LogP contribution is -2.28. The molecule has 0 saturated carbocycles. The third-order valence-corrected chi connectivity index (χ3v) is 5.42. The molecule has 0 saturated heterocycles. The van der Waals surface area contributed by atoms with Crippen molar-refractivity contribution in [2.24, 2.45) is 0 Å². The third kappa shape index (κ3) is 5.18. The van der Waals surface area contributed by atoms with E-state index < -0.39 is 0 Å². The number of aromatic nitrogens is 1. The van der Waals surface area contributed by atoms with Crippen LogP contribution in [0.2, 0.25) is 0 Å². The van der Waals surface area contributed by atoms with Crippen molar-refractivity contribution in [1.29, 1.82) is 5.26 Å². The van der Waals surface area contributed by atoms with E-state index in [2.05, 4.69) is 29.4 Å². The number of amides is 1. The maximum absolute atomic E-state index is 12.3.